The molecule has 1 N–H and O–H groups in total. The molecule has 0 radical (unpaired) electrons. The van der Waals surface area contributed by atoms with E-state index in [9.17, 15) is 14.9 Å². The molecule has 0 aromatic carbocycles. The molecular weight excluding hydrogens is 276 g/mol. The lowest BCUT2D eigenvalue weighted by Crippen LogP contribution is -2.13. The molecule has 1 fully saturated rings. The van der Waals surface area contributed by atoms with Crippen molar-refractivity contribution >= 4 is 28.2 Å². The first kappa shape index (κ1) is 14.5. The molecule has 5 nitrogen and oxygen atoms in total. The normalized spacial score (nSPS) is 13.9. The van der Waals surface area contributed by atoms with Crippen LogP contribution < -0.4 is 5.32 Å². The van der Waals surface area contributed by atoms with Crippen molar-refractivity contribution in [3.05, 3.63) is 16.0 Å². The van der Waals surface area contributed by atoms with E-state index in [-0.39, 0.29) is 17.9 Å². The maximum absolute atomic E-state index is 12.0. The molecule has 0 aliphatic heterocycles. The van der Waals surface area contributed by atoms with E-state index in [0.29, 0.717) is 21.0 Å². The molecule has 1 aromatic rings. The zero-order valence-electron chi connectivity index (χ0n) is 11.6. The van der Waals surface area contributed by atoms with Gasteiger partial charge < -0.3 is 10.1 Å². The Morgan fingerprint density at radius 2 is 2.10 bits per heavy atom. The Morgan fingerprint density at radius 3 is 2.60 bits per heavy atom. The second-order valence-corrected chi connectivity index (χ2v) is 6.11. The van der Waals surface area contributed by atoms with Gasteiger partial charge in [0.2, 0.25) is 5.91 Å². The zero-order chi connectivity index (χ0) is 14.9. The van der Waals surface area contributed by atoms with E-state index in [2.05, 4.69) is 5.32 Å². The van der Waals surface area contributed by atoms with Crippen LogP contribution in [-0.4, -0.2) is 18.0 Å². The third-order valence-corrected chi connectivity index (χ3v) is 4.16. The summed E-state index contributed by atoms with van der Waals surface area (Å²) in [6.45, 7) is 5.22. The second-order valence-electron chi connectivity index (χ2n) is 5.09. The second kappa shape index (κ2) is 5.63. The minimum Gasteiger partial charge on any atom is -0.459 e. The Labute approximate surface area is 121 Å². The van der Waals surface area contributed by atoms with Gasteiger partial charge in [-0.15, -0.1) is 11.3 Å². The highest BCUT2D eigenvalue weighted by Gasteiger charge is 2.31. The number of carbonyl (C=O) groups is 2. The summed E-state index contributed by atoms with van der Waals surface area (Å²) >= 11 is 1.11. The van der Waals surface area contributed by atoms with E-state index in [4.69, 9.17) is 4.74 Å². The molecule has 20 heavy (non-hydrogen) atoms. The van der Waals surface area contributed by atoms with Crippen molar-refractivity contribution in [2.24, 2.45) is 5.92 Å². The van der Waals surface area contributed by atoms with Gasteiger partial charge in [0.25, 0.3) is 0 Å². The van der Waals surface area contributed by atoms with Crippen LogP contribution in [0.3, 0.4) is 0 Å². The quantitative estimate of drug-likeness (QED) is 0.865. The number of nitrogens with zero attached hydrogens (tertiary/aromatic N) is 1. The molecule has 1 saturated carbocycles. The Balaban J connectivity index is 2.26. The van der Waals surface area contributed by atoms with Crippen LogP contribution in [0.4, 0.5) is 5.00 Å². The van der Waals surface area contributed by atoms with Gasteiger partial charge in [-0.05, 0) is 39.2 Å². The summed E-state index contributed by atoms with van der Waals surface area (Å²) < 4.78 is 5.14. The summed E-state index contributed by atoms with van der Waals surface area (Å²) in [7, 11) is 0. The fourth-order valence-electron chi connectivity index (χ4n) is 1.76. The lowest BCUT2D eigenvalue weighted by Gasteiger charge is -2.06. The number of carbonyl (C=O) groups excluding carboxylic acids is 2. The SMILES string of the molecule is Cc1c(C(=O)OC(C)C)sc(NC(=O)C2CC2)c1C#N. The number of esters is 1. The predicted molar refractivity (Wildman–Crippen MR) is 75.7 cm³/mol. The first-order valence-corrected chi connectivity index (χ1v) is 7.31. The van der Waals surface area contributed by atoms with Crippen molar-refractivity contribution in [3.63, 3.8) is 0 Å². The molecule has 1 aliphatic carbocycles. The van der Waals surface area contributed by atoms with E-state index in [1.54, 1.807) is 20.8 Å². The molecule has 1 amide bonds. The van der Waals surface area contributed by atoms with Crippen molar-refractivity contribution in [2.75, 3.05) is 5.32 Å². The van der Waals surface area contributed by atoms with Crippen LogP contribution in [0.5, 0.6) is 0 Å². The summed E-state index contributed by atoms with van der Waals surface area (Å²) in [4.78, 5) is 24.1. The van der Waals surface area contributed by atoms with E-state index < -0.39 is 5.97 Å². The molecule has 0 bridgehead atoms. The van der Waals surface area contributed by atoms with Crippen LogP contribution in [0.25, 0.3) is 0 Å². The molecule has 0 spiro atoms. The van der Waals surface area contributed by atoms with Crippen molar-refractivity contribution in [1.29, 1.82) is 5.26 Å². The van der Waals surface area contributed by atoms with E-state index >= 15 is 0 Å². The van der Waals surface area contributed by atoms with Gasteiger partial charge in [-0.1, -0.05) is 0 Å². The van der Waals surface area contributed by atoms with Gasteiger partial charge in [0, 0.05) is 5.92 Å². The van der Waals surface area contributed by atoms with Gasteiger partial charge in [-0.3, -0.25) is 4.79 Å². The first-order chi connectivity index (χ1) is 9.43. The number of rotatable bonds is 4. The molecule has 0 atom stereocenters. The fourth-order valence-corrected chi connectivity index (χ4v) is 2.80. The van der Waals surface area contributed by atoms with Gasteiger partial charge in [-0.25, -0.2) is 4.79 Å². The summed E-state index contributed by atoms with van der Waals surface area (Å²) in [6, 6.07) is 2.05. The molecule has 2 rings (SSSR count). The highest BCUT2D eigenvalue weighted by Crippen LogP contribution is 2.36. The number of amides is 1. The number of thiophene rings is 1. The predicted octanol–water partition coefficient (Wildman–Crippen LogP) is 2.84. The van der Waals surface area contributed by atoms with Crippen LogP contribution in [-0.2, 0) is 9.53 Å². The van der Waals surface area contributed by atoms with Crippen molar-refractivity contribution in [3.8, 4) is 6.07 Å². The standard InChI is InChI=1S/C14H16N2O3S/c1-7(2)19-14(18)11-8(3)10(6-15)13(20-11)16-12(17)9-4-5-9/h7,9H,4-5H2,1-3H3,(H,16,17). The third-order valence-electron chi connectivity index (χ3n) is 2.97. The third kappa shape index (κ3) is 2.99. The molecule has 0 unspecified atom stereocenters. The monoisotopic (exact) mass is 292 g/mol. The van der Waals surface area contributed by atoms with Gasteiger partial charge in [0.05, 0.1) is 11.7 Å². The zero-order valence-corrected chi connectivity index (χ0v) is 12.5. The topological polar surface area (TPSA) is 79.2 Å². The molecular formula is C14H16N2O3S. The number of nitrogens with one attached hydrogen (secondary N) is 1. The van der Waals surface area contributed by atoms with Gasteiger partial charge in [-0.2, -0.15) is 5.26 Å². The Kier molecular flexibility index (Phi) is 4.09. The first-order valence-electron chi connectivity index (χ1n) is 6.49. The average molecular weight is 292 g/mol. The van der Waals surface area contributed by atoms with Gasteiger partial charge >= 0.3 is 5.97 Å². The smallest absolute Gasteiger partial charge is 0.348 e. The summed E-state index contributed by atoms with van der Waals surface area (Å²) in [5.74, 6) is -0.479. The summed E-state index contributed by atoms with van der Waals surface area (Å²) in [6.07, 6.45) is 1.56. The minimum absolute atomic E-state index is 0.0509. The fraction of sp³-hybridized carbons (Fsp3) is 0.500. The molecule has 1 heterocycles. The van der Waals surface area contributed by atoms with Gasteiger partial charge in [0.1, 0.15) is 15.9 Å². The van der Waals surface area contributed by atoms with Crippen molar-refractivity contribution < 1.29 is 14.3 Å². The van der Waals surface area contributed by atoms with E-state index in [0.717, 1.165) is 24.2 Å². The Bertz CT molecular complexity index is 594. The molecule has 1 aromatic heterocycles. The summed E-state index contributed by atoms with van der Waals surface area (Å²) in [5.41, 5.74) is 0.911. The minimum atomic E-state index is -0.453. The van der Waals surface area contributed by atoms with Crippen molar-refractivity contribution in [2.45, 2.75) is 39.7 Å². The Hall–Kier alpha value is -1.87. The van der Waals surface area contributed by atoms with Crippen molar-refractivity contribution in [1.82, 2.24) is 0 Å². The lowest BCUT2D eigenvalue weighted by molar-refractivity contribution is -0.117. The highest BCUT2D eigenvalue weighted by atomic mass is 32.1. The van der Waals surface area contributed by atoms with E-state index in [1.165, 1.54) is 0 Å². The van der Waals surface area contributed by atoms with Crippen LogP contribution in [0.2, 0.25) is 0 Å². The highest BCUT2D eigenvalue weighted by molar-refractivity contribution is 7.18. The maximum atomic E-state index is 12.0. The van der Waals surface area contributed by atoms with Gasteiger partial charge in [0.15, 0.2) is 0 Å². The number of hydrogen-bond donors (Lipinski definition) is 1. The number of nitriles is 1. The van der Waals surface area contributed by atoms with Crippen LogP contribution in [0.15, 0.2) is 0 Å². The molecule has 6 heteroatoms. The lowest BCUT2D eigenvalue weighted by atomic mass is 10.1. The Morgan fingerprint density at radius 1 is 1.45 bits per heavy atom. The number of ether oxygens (including phenoxy) is 1. The largest absolute Gasteiger partial charge is 0.459 e. The molecule has 106 valence electrons. The number of anilines is 1. The van der Waals surface area contributed by atoms with Crippen LogP contribution >= 0.6 is 11.3 Å². The average Bonchev–Trinajstić information content (AvgIpc) is 3.15. The molecule has 1 aliphatic rings. The van der Waals surface area contributed by atoms with Crippen LogP contribution in [0, 0.1) is 24.2 Å². The number of hydrogen-bond acceptors (Lipinski definition) is 5. The van der Waals surface area contributed by atoms with E-state index in [1.807, 2.05) is 6.07 Å². The van der Waals surface area contributed by atoms with Crippen LogP contribution in [0.1, 0.15) is 47.5 Å². The summed E-state index contributed by atoms with van der Waals surface area (Å²) in [5, 5.41) is 12.4. The maximum Gasteiger partial charge on any atom is 0.348 e. The molecule has 0 saturated heterocycles.